The van der Waals surface area contributed by atoms with Crippen molar-refractivity contribution in [3.8, 4) is 5.75 Å². The number of anilines is 1. The first kappa shape index (κ1) is 18.5. The molecule has 0 bridgehead atoms. The quantitative estimate of drug-likeness (QED) is 0.835. The van der Waals surface area contributed by atoms with E-state index in [9.17, 15) is 17.8 Å². The number of carbonyl (C=O) groups is 1. The zero-order chi connectivity index (χ0) is 18.7. The Hall–Kier alpha value is -2.28. The van der Waals surface area contributed by atoms with Gasteiger partial charge in [0.25, 0.3) is 0 Å². The summed E-state index contributed by atoms with van der Waals surface area (Å²) < 4.78 is 42.2. The van der Waals surface area contributed by atoms with Crippen molar-refractivity contribution in [2.45, 2.75) is 36.9 Å². The number of para-hydroxylation sites is 2. The molecule has 138 valence electrons. The number of hydrogen-bond acceptors (Lipinski definition) is 3. The molecular weight excluding hydrogens is 360 g/mol. The minimum Gasteiger partial charge on any atom is -0.433 e. The lowest BCUT2D eigenvalue weighted by atomic mass is 10.1. The van der Waals surface area contributed by atoms with Crippen molar-refractivity contribution in [3.63, 3.8) is 0 Å². The second kappa shape index (κ2) is 7.95. The molecule has 2 aromatic rings. The molecule has 1 aliphatic rings. The van der Waals surface area contributed by atoms with Gasteiger partial charge in [0, 0.05) is 16.0 Å². The first-order valence-electron chi connectivity index (χ1n) is 8.26. The number of benzene rings is 2. The molecule has 2 atom stereocenters. The molecule has 0 aromatic heterocycles. The Bertz CT molecular complexity index is 803. The fourth-order valence-electron chi connectivity index (χ4n) is 3.08. The van der Waals surface area contributed by atoms with Crippen LogP contribution in [0.15, 0.2) is 48.5 Å². The molecule has 3 rings (SSSR count). The predicted octanol–water partition coefficient (Wildman–Crippen LogP) is 3.53. The maximum atomic E-state index is 12.8. The summed E-state index contributed by atoms with van der Waals surface area (Å²) in [6.45, 7) is -1.40. The number of carbonyl (C=O) groups excluding carboxylic acids is 1. The summed E-state index contributed by atoms with van der Waals surface area (Å²) in [5.41, 5.74) is 2.46. The van der Waals surface area contributed by atoms with Crippen molar-refractivity contribution in [2.24, 2.45) is 0 Å². The van der Waals surface area contributed by atoms with Crippen molar-refractivity contribution in [3.05, 3.63) is 59.7 Å². The molecular formula is C19H19F2NO3S. The number of amides is 1. The third kappa shape index (κ3) is 4.09. The molecule has 0 spiro atoms. The average molecular weight is 379 g/mol. The minimum atomic E-state index is -2.99. The molecule has 1 N–H and O–H groups in total. The highest BCUT2D eigenvalue weighted by molar-refractivity contribution is 7.87. The lowest BCUT2D eigenvalue weighted by Gasteiger charge is -2.17. The van der Waals surface area contributed by atoms with Gasteiger partial charge in [-0.15, -0.1) is 0 Å². The molecule has 4 nitrogen and oxygen atoms in total. The summed E-state index contributed by atoms with van der Waals surface area (Å²) in [6.07, 6.45) is 1.34. The van der Waals surface area contributed by atoms with Crippen LogP contribution in [0.1, 0.15) is 18.1 Å². The second-order valence-corrected chi connectivity index (χ2v) is 8.16. The molecule has 1 amide bonds. The van der Waals surface area contributed by atoms with Crippen LogP contribution in [0, 0.1) is 0 Å². The number of rotatable bonds is 6. The van der Waals surface area contributed by atoms with Gasteiger partial charge in [-0.3, -0.25) is 9.00 Å². The largest absolute Gasteiger partial charge is 0.433 e. The standard InChI is InChI=1S/C19H19F2NO3S/c1-12(26(24)15-10-13-6-2-3-7-14(13)11-15)18(23)22-16-8-4-5-9-17(16)25-19(20)21/h2-9,12,15,19H,10-11H2,1H3,(H,22,23)/t12-,26+/m1/s1. The van der Waals surface area contributed by atoms with Gasteiger partial charge in [0.1, 0.15) is 11.0 Å². The zero-order valence-corrected chi connectivity index (χ0v) is 15.0. The third-order valence-corrected chi connectivity index (χ3v) is 6.32. The highest BCUT2D eigenvalue weighted by Gasteiger charge is 2.32. The van der Waals surface area contributed by atoms with Crippen molar-refractivity contribution < 1.29 is 22.5 Å². The molecule has 0 unspecified atom stereocenters. The summed E-state index contributed by atoms with van der Waals surface area (Å²) in [5.74, 6) is -0.605. The fraction of sp³-hybridized carbons (Fsp3) is 0.316. The molecule has 0 saturated carbocycles. The smallest absolute Gasteiger partial charge is 0.387 e. The third-order valence-electron chi connectivity index (χ3n) is 4.42. The predicted molar refractivity (Wildman–Crippen MR) is 96.9 cm³/mol. The maximum Gasteiger partial charge on any atom is 0.387 e. The summed E-state index contributed by atoms with van der Waals surface area (Å²) in [6, 6.07) is 13.9. The van der Waals surface area contributed by atoms with Crippen molar-refractivity contribution >= 4 is 22.4 Å². The molecule has 2 aromatic carbocycles. The van der Waals surface area contributed by atoms with Gasteiger partial charge in [-0.25, -0.2) is 0 Å². The summed E-state index contributed by atoms with van der Waals surface area (Å²) in [7, 11) is -1.39. The number of fused-ring (bicyclic) bond motifs is 1. The van der Waals surface area contributed by atoms with Gasteiger partial charge >= 0.3 is 6.61 Å². The van der Waals surface area contributed by atoms with E-state index in [0.717, 1.165) is 11.1 Å². The van der Waals surface area contributed by atoms with Crippen LogP contribution in [-0.2, 0) is 28.4 Å². The Morgan fingerprint density at radius 1 is 1.12 bits per heavy atom. The molecule has 0 saturated heterocycles. The van der Waals surface area contributed by atoms with E-state index in [1.807, 2.05) is 24.3 Å². The Morgan fingerprint density at radius 3 is 2.31 bits per heavy atom. The molecule has 0 radical (unpaired) electrons. The molecule has 0 fully saturated rings. The van der Waals surface area contributed by atoms with Gasteiger partial charge in [-0.1, -0.05) is 36.4 Å². The number of alkyl halides is 2. The van der Waals surface area contributed by atoms with Gasteiger partial charge in [0.15, 0.2) is 0 Å². The van der Waals surface area contributed by atoms with Crippen LogP contribution < -0.4 is 10.1 Å². The van der Waals surface area contributed by atoms with Gasteiger partial charge < -0.3 is 10.1 Å². The monoisotopic (exact) mass is 379 g/mol. The van der Waals surface area contributed by atoms with Crippen molar-refractivity contribution in [1.29, 1.82) is 0 Å². The first-order valence-corrected chi connectivity index (χ1v) is 9.54. The Labute approximate surface area is 153 Å². The lowest BCUT2D eigenvalue weighted by molar-refractivity contribution is -0.115. The molecule has 26 heavy (non-hydrogen) atoms. The number of nitrogens with one attached hydrogen (secondary N) is 1. The molecule has 0 aliphatic heterocycles. The average Bonchev–Trinajstić information content (AvgIpc) is 3.05. The Kier molecular flexibility index (Phi) is 5.66. The molecule has 7 heteroatoms. The van der Waals surface area contributed by atoms with Crippen LogP contribution >= 0.6 is 0 Å². The Morgan fingerprint density at radius 2 is 1.69 bits per heavy atom. The second-order valence-electron chi connectivity index (χ2n) is 6.13. The summed E-state index contributed by atoms with van der Waals surface area (Å²) in [4.78, 5) is 12.5. The van der Waals surface area contributed by atoms with Gasteiger partial charge in [-0.2, -0.15) is 8.78 Å². The zero-order valence-electron chi connectivity index (χ0n) is 14.2. The molecule has 1 aliphatic carbocycles. The topological polar surface area (TPSA) is 55.4 Å². The highest BCUT2D eigenvalue weighted by atomic mass is 32.2. The van der Waals surface area contributed by atoms with E-state index in [-0.39, 0.29) is 16.7 Å². The van der Waals surface area contributed by atoms with Gasteiger partial charge in [0.05, 0.1) is 5.69 Å². The van der Waals surface area contributed by atoms with Crippen LogP contribution in [0.25, 0.3) is 0 Å². The Balaban J connectivity index is 1.66. The summed E-state index contributed by atoms with van der Waals surface area (Å²) >= 11 is 0. The number of halogens is 2. The number of hydrogen-bond donors (Lipinski definition) is 1. The normalized spacial score (nSPS) is 16.2. The van der Waals surface area contributed by atoms with Crippen LogP contribution in [0.2, 0.25) is 0 Å². The van der Waals surface area contributed by atoms with E-state index < -0.39 is 28.6 Å². The minimum absolute atomic E-state index is 0.123. The van der Waals surface area contributed by atoms with Crippen LogP contribution in [0.4, 0.5) is 14.5 Å². The van der Waals surface area contributed by atoms with E-state index in [4.69, 9.17) is 0 Å². The van der Waals surface area contributed by atoms with E-state index in [1.54, 1.807) is 13.0 Å². The van der Waals surface area contributed by atoms with Crippen LogP contribution in [-0.4, -0.2) is 27.2 Å². The van der Waals surface area contributed by atoms with Gasteiger partial charge in [-0.05, 0) is 43.0 Å². The summed E-state index contributed by atoms with van der Waals surface area (Å²) in [5, 5.41) is 1.66. The van der Waals surface area contributed by atoms with Crippen LogP contribution in [0.5, 0.6) is 5.75 Å². The van der Waals surface area contributed by atoms with Crippen LogP contribution in [0.3, 0.4) is 0 Å². The van der Waals surface area contributed by atoms with E-state index in [2.05, 4.69) is 10.1 Å². The first-order chi connectivity index (χ1) is 12.5. The fourth-order valence-corrected chi connectivity index (χ4v) is 4.61. The van der Waals surface area contributed by atoms with Crippen molar-refractivity contribution in [1.82, 2.24) is 0 Å². The maximum absolute atomic E-state index is 12.8. The number of ether oxygens (including phenoxy) is 1. The van der Waals surface area contributed by atoms with Crippen molar-refractivity contribution in [2.75, 3.05) is 5.32 Å². The highest BCUT2D eigenvalue weighted by Crippen LogP contribution is 2.28. The van der Waals surface area contributed by atoms with E-state index in [1.165, 1.54) is 18.2 Å². The van der Waals surface area contributed by atoms with E-state index in [0.29, 0.717) is 12.8 Å². The lowest BCUT2D eigenvalue weighted by Crippen LogP contribution is -2.34. The molecule has 0 heterocycles. The van der Waals surface area contributed by atoms with Gasteiger partial charge in [0.2, 0.25) is 5.91 Å². The van der Waals surface area contributed by atoms with E-state index >= 15 is 0 Å². The SMILES string of the molecule is C[C@H](C(=O)Nc1ccccc1OC(F)F)[S@](=O)C1Cc2ccccc2C1.